The first kappa shape index (κ1) is 13.1. The van der Waals surface area contributed by atoms with Gasteiger partial charge >= 0.3 is 0 Å². The maximum absolute atomic E-state index is 3.73. The van der Waals surface area contributed by atoms with Crippen LogP contribution >= 0.6 is 0 Å². The smallest absolute Gasteiger partial charge is 0.0233 e. The minimum Gasteiger partial charge on any atom is -0.313 e. The summed E-state index contributed by atoms with van der Waals surface area (Å²) in [6.07, 6.45) is 4.13. The summed E-state index contributed by atoms with van der Waals surface area (Å²) in [5.41, 5.74) is 1.45. The van der Waals surface area contributed by atoms with E-state index in [2.05, 4.69) is 47.5 Å². The third-order valence-electron chi connectivity index (χ3n) is 4.89. The lowest BCUT2D eigenvalue weighted by atomic mass is 9.85. The summed E-state index contributed by atoms with van der Waals surface area (Å²) in [6.45, 7) is 7.31. The van der Waals surface area contributed by atoms with Crippen molar-refractivity contribution in [3.05, 3.63) is 35.9 Å². The molecule has 0 saturated carbocycles. The third-order valence-corrected chi connectivity index (χ3v) is 4.89. The molecule has 0 aliphatic carbocycles. The monoisotopic (exact) mass is 258 g/mol. The first-order valence-electron chi connectivity index (χ1n) is 7.82. The highest BCUT2D eigenvalue weighted by Crippen LogP contribution is 2.28. The number of hydrogen-bond donors (Lipinski definition) is 1. The van der Waals surface area contributed by atoms with Gasteiger partial charge in [0.25, 0.3) is 0 Å². The largest absolute Gasteiger partial charge is 0.313 e. The molecule has 3 atom stereocenters. The van der Waals surface area contributed by atoms with E-state index >= 15 is 0 Å². The van der Waals surface area contributed by atoms with Crippen molar-refractivity contribution < 1.29 is 0 Å². The Morgan fingerprint density at radius 3 is 2.79 bits per heavy atom. The van der Waals surface area contributed by atoms with Crippen molar-refractivity contribution >= 4 is 0 Å². The molecule has 0 radical (unpaired) electrons. The van der Waals surface area contributed by atoms with Gasteiger partial charge in [-0.05, 0) is 49.8 Å². The van der Waals surface area contributed by atoms with Gasteiger partial charge in [0.15, 0.2) is 0 Å². The normalized spacial score (nSPS) is 32.6. The van der Waals surface area contributed by atoms with Crippen molar-refractivity contribution in [2.45, 2.75) is 38.8 Å². The molecule has 0 spiro atoms. The zero-order valence-electron chi connectivity index (χ0n) is 12.0. The molecule has 2 aliphatic heterocycles. The van der Waals surface area contributed by atoms with Crippen LogP contribution in [0.2, 0.25) is 0 Å². The quantitative estimate of drug-likeness (QED) is 0.897. The minimum absolute atomic E-state index is 0.763. The van der Waals surface area contributed by atoms with Gasteiger partial charge in [-0.1, -0.05) is 37.3 Å². The van der Waals surface area contributed by atoms with Gasteiger partial charge < -0.3 is 5.32 Å². The Balaban J connectivity index is 1.59. The Bertz CT molecular complexity index is 390. The number of piperidine rings is 1. The average molecular weight is 258 g/mol. The summed E-state index contributed by atoms with van der Waals surface area (Å²) in [7, 11) is 0. The van der Waals surface area contributed by atoms with Crippen LogP contribution in [0, 0.1) is 11.8 Å². The van der Waals surface area contributed by atoms with Gasteiger partial charge in [-0.25, -0.2) is 0 Å². The summed E-state index contributed by atoms with van der Waals surface area (Å²) in [5.74, 6) is 1.72. The van der Waals surface area contributed by atoms with Crippen molar-refractivity contribution in [1.29, 1.82) is 0 Å². The van der Waals surface area contributed by atoms with Crippen LogP contribution in [0.25, 0.3) is 0 Å². The maximum atomic E-state index is 3.73. The molecule has 0 amide bonds. The van der Waals surface area contributed by atoms with Crippen molar-refractivity contribution in [2.24, 2.45) is 11.8 Å². The second-order valence-corrected chi connectivity index (χ2v) is 6.37. The Kier molecular flexibility index (Phi) is 4.19. The Labute approximate surface area is 117 Å². The number of likely N-dealkylation sites (tertiary alicyclic amines) is 1. The first-order valence-corrected chi connectivity index (χ1v) is 7.82. The van der Waals surface area contributed by atoms with Gasteiger partial charge in [0.05, 0.1) is 0 Å². The van der Waals surface area contributed by atoms with Crippen LogP contribution in [0.5, 0.6) is 0 Å². The van der Waals surface area contributed by atoms with E-state index in [0.29, 0.717) is 0 Å². The molecule has 19 heavy (non-hydrogen) atoms. The fourth-order valence-corrected chi connectivity index (χ4v) is 3.86. The zero-order valence-corrected chi connectivity index (χ0v) is 12.0. The molecule has 0 aromatic heterocycles. The topological polar surface area (TPSA) is 15.3 Å². The highest BCUT2D eigenvalue weighted by molar-refractivity contribution is 5.14. The second-order valence-electron chi connectivity index (χ2n) is 6.37. The van der Waals surface area contributed by atoms with E-state index in [1.54, 1.807) is 0 Å². The summed E-state index contributed by atoms with van der Waals surface area (Å²) in [4.78, 5) is 2.65. The Morgan fingerprint density at radius 2 is 2.05 bits per heavy atom. The molecule has 1 aromatic carbocycles. The van der Waals surface area contributed by atoms with Gasteiger partial charge in [0, 0.05) is 19.1 Å². The molecule has 2 heteroatoms. The van der Waals surface area contributed by atoms with Crippen LogP contribution in [0.15, 0.2) is 30.3 Å². The molecule has 1 aromatic rings. The van der Waals surface area contributed by atoms with E-state index in [4.69, 9.17) is 0 Å². The molecule has 2 nitrogen and oxygen atoms in total. The molecule has 1 N–H and O–H groups in total. The SMILES string of the molecule is CC1CCNC1C1CCCN(Cc2ccccc2)C1. The number of nitrogens with one attached hydrogen (secondary N) is 1. The van der Waals surface area contributed by atoms with Gasteiger partial charge in [-0.15, -0.1) is 0 Å². The summed E-state index contributed by atoms with van der Waals surface area (Å²) in [6, 6.07) is 11.7. The average Bonchev–Trinajstić information content (AvgIpc) is 2.86. The molecule has 2 aliphatic rings. The van der Waals surface area contributed by atoms with E-state index in [1.807, 2.05) is 0 Å². The van der Waals surface area contributed by atoms with Crippen molar-refractivity contribution in [2.75, 3.05) is 19.6 Å². The molecule has 3 rings (SSSR count). The lowest BCUT2D eigenvalue weighted by Gasteiger charge is -2.37. The summed E-state index contributed by atoms with van der Waals surface area (Å²) < 4.78 is 0. The minimum atomic E-state index is 0.763. The Morgan fingerprint density at radius 1 is 1.21 bits per heavy atom. The lowest BCUT2D eigenvalue weighted by Crippen LogP contribution is -2.45. The fraction of sp³-hybridized carbons (Fsp3) is 0.647. The number of rotatable bonds is 3. The van der Waals surface area contributed by atoms with Crippen LogP contribution < -0.4 is 5.32 Å². The van der Waals surface area contributed by atoms with E-state index < -0.39 is 0 Å². The lowest BCUT2D eigenvalue weighted by molar-refractivity contribution is 0.134. The van der Waals surface area contributed by atoms with Crippen LogP contribution in [-0.2, 0) is 6.54 Å². The maximum Gasteiger partial charge on any atom is 0.0233 e. The standard InChI is InChI=1S/C17H26N2/c1-14-9-10-18-17(14)16-8-5-11-19(13-16)12-15-6-3-2-4-7-15/h2-4,6-7,14,16-18H,5,8-13H2,1H3. The molecular weight excluding hydrogens is 232 g/mol. The van der Waals surface area contributed by atoms with Crippen molar-refractivity contribution in [3.8, 4) is 0 Å². The van der Waals surface area contributed by atoms with E-state index in [0.717, 1.165) is 24.4 Å². The number of nitrogens with zero attached hydrogens (tertiary/aromatic N) is 1. The summed E-state index contributed by atoms with van der Waals surface area (Å²) >= 11 is 0. The predicted molar refractivity (Wildman–Crippen MR) is 80.0 cm³/mol. The molecule has 0 bridgehead atoms. The highest BCUT2D eigenvalue weighted by Gasteiger charge is 2.33. The van der Waals surface area contributed by atoms with E-state index in [-0.39, 0.29) is 0 Å². The zero-order chi connectivity index (χ0) is 13.1. The van der Waals surface area contributed by atoms with Crippen molar-refractivity contribution in [1.82, 2.24) is 10.2 Å². The molecule has 2 heterocycles. The van der Waals surface area contributed by atoms with Crippen LogP contribution in [0.1, 0.15) is 31.7 Å². The Hall–Kier alpha value is -0.860. The van der Waals surface area contributed by atoms with Crippen LogP contribution in [0.3, 0.4) is 0 Å². The molecule has 104 valence electrons. The highest BCUT2D eigenvalue weighted by atomic mass is 15.1. The predicted octanol–water partition coefficient (Wildman–Crippen LogP) is 2.90. The van der Waals surface area contributed by atoms with E-state index in [9.17, 15) is 0 Å². The molecule has 2 fully saturated rings. The number of hydrogen-bond acceptors (Lipinski definition) is 2. The van der Waals surface area contributed by atoms with Gasteiger partial charge in [0.2, 0.25) is 0 Å². The molecule has 3 unspecified atom stereocenters. The third kappa shape index (κ3) is 3.18. The second kappa shape index (κ2) is 6.06. The van der Waals surface area contributed by atoms with E-state index in [1.165, 1.54) is 44.5 Å². The van der Waals surface area contributed by atoms with Gasteiger partial charge in [-0.2, -0.15) is 0 Å². The van der Waals surface area contributed by atoms with Gasteiger partial charge in [-0.3, -0.25) is 4.90 Å². The van der Waals surface area contributed by atoms with Gasteiger partial charge in [0.1, 0.15) is 0 Å². The van der Waals surface area contributed by atoms with Crippen LogP contribution in [0.4, 0.5) is 0 Å². The number of benzene rings is 1. The fourth-order valence-electron chi connectivity index (χ4n) is 3.86. The van der Waals surface area contributed by atoms with Crippen molar-refractivity contribution in [3.63, 3.8) is 0 Å². The first-order chi connectivity index (χ1) is 9.33. The molecular formula is C17H26N2. The molecule has 2 saturated heterocycles. The van der Waals surface area contributed by atoms with Crippen LogP contribution in [-0.4, -0.2) is 30.6 Å². The summed E-state index contributed by atoms with van der Waals surface area (Å²) in [5, 5.41) is 3.73.